The highest BCUT2D eigenvalue weighted by atomic mass is 79.9. The maximum Gasteiger partial charge on any atom is 0.0609 e. The predicted octanol–water partition coefficient (Wildman–Crippen LogP) is 2.75. The lowest BCUT2D eigenvalue weighted by Crippen LogP contribution is -2.48. The lowest BCUT2D eigenvalue weighted by Gasteiger charge is -2.39. The molecule has 0 radical (unpaired) electrons. The molecule has 0 aromatic carbocycles. The van der Waals surface area contributed by atoms with Gasteiger partial charge in [0.05, 0.1) is 6.61 Å². The van der Waals surface area contributed by atoms with E-state index >= 15 is 0 Å². The van der Waals surface area contributed by atoms with Crippen molar-refractivity contribution in [3.63, 3.8) is 0 Å². The van der Waals surface area contributed by atoms with E-state index in [4.69, 9.17) is 0 Å². The molecule has 0 heterocycles. The van der Waals surface area contributed by atoms with E-state index < -0.39 is 0 Å². The van der Waals surface area contributed by atoms with Crippen molar-refractivity contribution in [3.8, 4) is 0 Å². The van der Waals surface area contributed by atoms with E-state index in [1.807, 2.05) is 0 Å². The lowest BCUT2D eigenvalue weighted by molar-refractivity contribution is 0.0525. The fourth-order valence-corrected chi connectivity index (χ4v) is 2.43. The Kier molecular flexibility index (Phi) is 5.80. The molecule has 0 aliphatic rings. The van der Waals surface area contributed by atoms with Crippen molar-refractivity contribution in [3.05, 3.63) is 0 Å². The van der Waals surface area contributed by atoms with Crippen LogP contribution in [0.5, 0.6) is 0 Å². The predicted molar refractivity (Wildman–Crippen MR) is 70.5 cm³/mol. The molecule has 3 heteroatoms. The van der Waals surface area contributed by atoms with Crippen LogP contribution in [0.1, 0.15) is 34.6 Å². The molecule has 0 saturated carbocycles. The second kappa shape index (κ2) is 5.65. The van der Waals surface area contributed by atoms with Gasteiger partial charge >= 0.3 is 0 Å². The summed E-state index contributed by atoms with van der Waals surface area (Å²) in [6.45, 7) is 12.1. The summed E-state index contributed by atoms with van der Waals surface area (Å²) < 4.78 is 0. The number of likely N-dealkylation sites (N-methyl/N-ethyl adjacent to an activating group) is 1. The van der Waals surface area contributed by atoms with Crippen LogP contribution in [0.15, 0.2) is 0 Å². The van der Waals surface area contributed by atoms with E-state index in [9.17, 15) is 5.11 Å². The summed E-state index contributed by atoms with van der Waals surface area (Å²) in [5.74, 6) is 0.591. The molecule has 0 saturated heterocycles. The molecule has 0 amide bonds. The Morgan fingerprint density at radius 3 is 1.93 bits per heavy atom. The van der Waals surface area contributed by atoms with E-state index in [-0.39, 0.29) is 12.1 Å². The summed E-state index contributed by atoms with van der Waals surface area (Å²) in [5, 5.41) is 10.3. The first-order chi connectivity index (χ1) is 6.65. The highest BCUT2D eigenvalue weighted by molar-refractivity contribution is 9.09. The topological polar surface area (TPSA) is 23.5 Å². The number of hydrogen-bond acceptors (Lipinski definition) is 2. The van der Waals surface area contributed by atoms with Crippen molar-refractivity contribution in [2.45, 2.75) is 40.2 Å². The minimum atomic E-state index is -0.133. The number of nitrogens with zero attached hydrogens (tertiary/aromatic N) is 1. The molecule has 0 aliphatic carbocycles. The third-order valence-corrected chi connectivity index (χ3v) is 4.11. The van der Waals surface area contributed by atoms with Crippen molar-refractivity contribution < 1.29 is 5.11 Å². The van der Waals surface area contributed by atoms with Crippen molar-refractivity contribution in [2.24, 2.45) is 11.3 Å². The van der Waals surface area contributed by atoms with Crippen LogP contribution >= 0.6 is 15.9 Å². The zero-order valence-electron chi connectivity index (χ0n) is 11.0. The summed E-state index contributed by atoms with van der Waals surface area (Å²) in [6, 6.07) is 0. The minimum Gasteiger partial charge on any atom is -0.394 e. The standard InChI is InChI=1S/C12H26BrNO/c1-11(2,3)10(7-13)8-14(6)12(4,5)9-15/h10,15H,7-9H2,1-6H3. The molecule has 15 heavy (non-hydrogen) atoms. The fraction of sp³-hybridized carbons (Fsp3) is 1.00. The Bertz CT molecular complexity index is 187. The summed E-state index contributed by atoms with van der Waals surface area (Å²) >= 11 is 3.58. The largest absolute Gasteiger partial charge is 0.394 e. The Labute approximate surface area is 103 Å². The summed E-state index contributed by atoms with van der Waals surface area (Å²) in [7, 11) is 2.08. The van der Waals surface area contributed by atoms with E-state index in [1.165, 1.54) is 0 Å². The SMILES string of the molecule is CN(CC(CBr)C(C)(C)C)C(C)(C)CO. The van der Waals surface area contributed by atoms with Crippen LogP contribution in [-0.2, 0) is 0 Å². The highest BCUT2D eigenvalue weighted by Crippen LogP contribution is 2.29. The van der Waals surface area contributed by atoms with Gasteiger partial charge in [-0.1, -0.05) is 36.7 Å². The van der Waals surface area contributed by atoms with Crippen LogP contribution in [0.25, 0.3) is 0 Å². The number of hydrogen-bond donors (Lipinski definition) is 1. The summed E-state index contributed by atoms with van der Waals surface area (Å²) in [5.41, 5.74) is 0.162. The molecular weight excluding hydrogens is 254 g/mol. The molecule has 92 valence electrons. The number of aliphatic hydroxyl groups is 1. The van der Waals surface area contributed by atoms with Crippen LogP contribution in [0.4, 0.5) is 0 Å². The van der Waals surface area contributed by atoms with Gasteiger partial charge in [0.2, 0.25) is 0 Å². The Morgan fingerprint density at radius 2 is 1.67 bits per heavy atom. The van der Waals surface area contributed by atoms with Gasteiger partial charge in [-0.25, -0.2) is 0 Å². The molecule has 0 spiro atoms. The number of halogens is 1. The van der Waals surface area contributed by atoms with Crippen LogP contribution in [0.3, 0.4) is 0 Å². The van der Waals surface area contributed by atoms with Crippen LogP contribution in [0, 0.1) is 11.3 Å². The third-order valence-electron chi connectivity index (χ3n) is 3.33. The molecule has 0 bridgehead atoms. The first-order valence-corrected chi connectivity index (χ1v) is 6.65. The van der Waals surface area contributed by atoms with E-state index in [2.05, 4.69) is 62.5 Å². The maximum absolute atomic E-state index is 9.30. The third kappa shape index (κ3) is 4.83. The number of aliphatic hydroxyl groups excluding tert-OH is 1. The highest BCUT2D eigenvalue weighted by Gasteiger charge is 2.29. The average molecular weight is 280 g/mol. The molecule has 0 rings (SSSR count). The Balaban J connectivity index is 4.44. The quantitative estimate of drug-likeness (QED) is 0.783. The van der Waals surface area contributed by atoms with Gasteiger partial charge in [-0.2, -0.15) is 0 Å². The monoisotopic (exact) mass is 279 g/mol. The Hall–Kier alpha value is 0.400. The van der Waals surface area contributed by atoms with Crippen LogP contribution in [-0.4, -0.2) is 41.1 Å². The van der Waals surface area contributed by atoms with Gasteiger partial charge in [0.15, 0.2) is 0 Å². The van der Waals surface area contributed by atoms with Gasteiger partial charge in [0.25, 0.3) is 0 Å². The first kappa shape index (κ1) is 15.4. The van der Waals surface area contributed by atoms with E-state index in [0.29, 0.717) is 11.3 Å². The molecular formula is C12H26BrNO. The number of rotatable bonds is 5. The molecule has 1 N–H and O–H groups in total. The van der Waals surface area contributed by atoms with Gasteiger partial charge in [0.1, 0.15) is 0 Å². The first-order valence-electron chi connectivity index (χ1n) is 5.53. The number of alkyl halides is 1. The van der Waals surface area contributed by atoms with Gasteiger partial charge in [-0.05, 0) is 32.2 Å². The molecule has 1 unspecified atom stereocenters. The smallest absolute Gasteiger partial charge is 0.0609 e. The van der Waals surface area contributed by atoms with Crippen LogP contribution in [0.2, 0.25) is 0 Å². The molecule has 0 aromatic heterocycles. The normalized spacial score (nSPS) is 15.8. The Morgan fingerprint density at radius 1 is 1.20 bits per heavy atom. The summed E-state index contributed by atoms with van der Waals surface area (Å²) in [4.78, 5) is 2.24. The van der Waals surface area contributed by atoms with Crippen molar-refractivity contribution in [1.29, 1.82) is 0 Å². The zero-order valence-corrected chi connectivity index (χ0v) is 12.6. The van der Waals surface area contributed by atoms with Gasteiger partial charge in [-0.15, -0.1) is 0 Å². The average Bonchev–Trinajstić information content (AvgIpc) is 2.11. The maximum atomic E-state index is 9.30. The zero-order chi connectivity index (χ0) is 12.3. The molecule has 0 aliphatic heterocycles. The van der Waals surface area contributed by atoms with Crippen molar-refractivity contribution in [1.82, 2.24) is 4.90 Å². The summed E-state index contributed by atoms with van der Waals surface area (Å²) in [6.07, 6.45) is 0. The minimum absolute atomic E-state index is 0.133. The molecule has 1 atom stereocenters. The molecule has 0 aromatic rings. The second-order valence-electron chi connectivity index (χ2n) is 6.07. The van der Waals surface area contributed by atoms with Crippen molar-refractivity contribution >= 4 is 15.9 Å². The van der Waals surface area contributed by atoms with E-state index in [0.717, 1.165) is 11.9 Å². The van der Waals surface area contributed by atoms with Gasteiger partial charge < -0.3 is 5.11 Å². The molecule has 2 nitrogen and oxygen atoms in total. The molecule has 0 fully saturated rings. The fourth-order valence-electron chi connectivity index (χ4n) is 1.25. The van der Waals surface area contributed by atoms with E-state index in [1.54, 1.807) is 0 Å². The lowest BCUT2D eigenvalue weighted by atomic mass is 9.81. The van der Waals surface area contributed by atoms with Gasteiger partial charge in [0, 0.05) is 17.4 Å². The van der Waals surface area contributed by atoms with Gasteiger partial charge in [-0.3, -0.25) is 4.90 Å². The second-order valence-corrected chi connectivity index (χ2v) is 6.72. The van der Waals surface area contributed by atoms with Crippen molar-refractivity contribution in [2.75, 3.05) is 25.5 Å². The van der Waals surface area contributed by atoms with Crippen LogP contribution < -0.4 is 0 Å².